The molecule has 0 aliphatic rings. The largest absolute Gasteiger partial charge is 0.396 e. The molecule has 3 nitrogen and oxygen atoms in total. The van der Waals surface area contributed by atoms with Crippen LogP contribution in [0.25, 0.3) is 0 Å². The number of anilines is 3. The van der Waals surface area contributed by atoms with Crippen LogP contribution in [-0.2, 0) is 0 Å². The van der Waals surface area contributed by atoms with Crippen LogP contribution in [0, 0.1) is 3.57 Å². The van der Waals surface area contributed by atoms with E-state index in [-0.39, 0.29) is 0 Å². The molecule has 0 amide bonds. The normalized spacial score (nSPS) is 10.3. The summed E-state index contributed by atoms with van der Waals surface area (Å²) in [4.78, 5) is 3.98. The predicted octanol–water partition coefficient (Wildman–Crippen LogP) is 4.43. The fraction of sp³-hybridized carbons (Fsp3) is 0. The molecule has 0 radical (unpaired) electrons. The molecule has 0 spiro atoms. The minimum absolute atomic E-state index is 0.564. The van der Waals surface area contributed by atoms with Gasteiger partial charge in [0.15, 0.2) is 0 Å². The molecule has 88 valence electrons. The van der Waals surface area contributed by atoms with Gasteiger partial charge in [0.1, 0.15) is 0 Å². The Morgan fingerprint density at radius 1 is 1.35 bits per heavy atom. The maximum atomic E-state index is 6.15. The Kier molecular flexibility index (Phi) is 4.11. The molecule has 0 saturated heterocycles. The van der Waals surface area contributed by atoms with Gasteiger partial charge >= 0.3 is 0 Å². The molecule has 0 fully saturated rings. The third-order valence-corrected chi connectivity index (χ3v) is 3.70. The number of benzene rings is 1. The second kappa shape index (κ2) is 5.41. The molecule has 0 aliphatic heterocycles. The maximum absolute atomic E-state index is 6.15. The molecule has 0 unspecified atom stereocenters. The number of hydrogen-bond acceptors (Lipinski definition) is 3. The predicted molar refractivity (Wildman–Crippen MR) is 83.8 cm³/mol. The van der Waals surface area contributed by atoms with Crippen LogP contribution in [0.3, 0.4) is 0 Å². The molecular weight excluding hydrogens is 416 g/mol. The van der Waals surface area contributed by atoms with E-state index in [0.29, 0.717) is 10.7 Å². The van der Waals surface area contributed by atoms with E-state index in [0.717, 1.165) is 19.4 Å². The van der Waals surface area contributed by atoms with E-state index in [1.807, 2.05) is 18.2 Å². The lowest BCUT2D eigenvalue weighted by Crippen LogP contribution is -1.98. The average molecular weight is 424 g/mol. The molecule has 6 heteroatoms. The topological polar surface area (TPSA) is 50.9 Å². The minimum Gasteiger partial charge on any atom is -0.396 e. The summed E-state index contributed by atoms with van der Waals surface area (Å²) >= 11 is 11.7. The fourth-order valence-electron chi connectivity index (χ4n) is 1.31. The molecule has 1 aromatic heterocycles. The highest BCUT2D eigenvalue weighted by Crippen LogP contribution is 2.33. The zero-order valence-corrected chi connectivity index (χ0v) is 13.0. The number of nitrogen functional groups attached to an aromatic ring is 1. The van der Waals surface area contributed by atoms with E-state index in [1.54, 1.807) is 12.4 Å². The van der Waals surface area contributed by atoms with E-state index in [1.165, 1.54) is 0 Å². The Morgan fingerprint density at radius 2 is 2.12 bits per heavy atom. The number of nitrogens with zero attached hydrogens (tertiary/aromatic N) is 1. The van der Waals surface area contributed by atoms with Gasteiger partial charge in [-0.05, 0) is 56.7 Å². The lowest BCUT2D eigenvalue weighted by atomic mass is 10.3. The van der Waals surface area contributed by atoms with Gasteiger partial charge in [0, 0.05) is 9.77 Å². The first kappa shape index (κ1) is 12.9. The number of pyridine rings is 1. The fourth-order valence-corrected chi connectivity index (χ4v) is 2.66. The van der Waals surface area contributed by atoms with Crippen LogP contribution in [0.5, 0.6) is 0 Å². The minimum atomic E-state index is 0.564. The number of nitrogens with two attached hydrogens (primary N) is 1. The van der Waals surface area contributed by atoms with Crippen LogP contribution >= 0.6 is 50.1 Å². The molecule has 0 bridgehead atoms. The van der Waals surface area contributed by atoms with E-state index in [4.69, 9.17) is 17.3 Å². The van der Waals surface area contributed by atoms with Crippen molar-refractivity contribution in [2.45, 2.75) is 0 Å². The lowest BCUT2D eigenvalue weighted by Gasteiger charge is -2.12. The number of aromatic nitrogens is 1. The summed E-state index contributed by atoms with van der Waals surface area (Å²) in [5.41, 5.74) is 7.99. The zero-order chi connectivity index (χ0) is 12.4. The van der Waals surface area contributed by atoms with Gasteiger partial charge in [-0.25, -0.2) is 0 Å². The van der Waals surface area contributed by atoms with Crippen LogP contribution in [0.2, 0.25) is 5.02 Å². The first-order valence-corrected chi connectivity index (χ1v) is 6.94. The van der Waals surface area contributed by atoms with E-state index in [2.05, 4.69) is 48.8 Å². The van der Waals surface area contributed by atoms with Crippen LogP contribution in [0.4, 0.5) is 17.1 Å². The van der Waals surface area contributed by atoms with Crippen LogP contribution < -0.4 is 11.1 Å². The van der Waals surface area contributed by atoms with Crippen molar-refractivity contribution in [2.24, 2.45) is 0 Å². The molecular formula is C11H8BrClIN3. The van der Waals surface area contributed by atoms with Gasteiger partial charge in [0.25, 0.3) is 0 Å². The standard InChI is InChI=1S/C11H8BrClIN3/c12-7-4-16-5-9(15)11(7)17-10-2-1-6(14)3-8(10)13/h1-5H,15H2,(H,16,17). The molecule has 3 N–H and O–H groups in total. The lowest BCUT2D eigenvalue weighted by molar-refractivity contribution is 1.31. The summed E-state index contributed by atoms with van der Waals surface area (Å²) in [6.45, 7) is 0. The molecule has 17 heavy (non-hydrogen) atoms. The second-order valence-electron chi connectivity index (χ2n) is 3.33. The first-order valence-electron chi connectivity index (χ1n) is 4.69. The van der Waals surface area contributed by atoms with Crippen molar-refractivity contribution in [3.63, 3.8) is 0 Å². The van der Waals surface area contributed by atoms with Crippen LogP contribution in [0.1, 0.15) is 0 Å². The first-order chi connectivity index (χ1) is 8.08. The highest BCUT2D eigenvalue weighted by Gasteiger charge is 2.07. The highest BCUT2D eigenvalue weighted by atomic mass is 127. The van der Waals surface area contributed by atoms with Crippen molar-refractivity contribution in [3.05, 3.63) is 43.7 Å². The number of halogens is 3. The van der Waals surface area contributed by atoms with Crippen molar-refractivity contribution >= 4 is 67.2 Å². The van der Waals surface area contributed by atoms with Crippen LogP contribution in [0.15, 0.2) is 35.1 Å². The number of hydrogen-bond donors (Lipinski definition) is 2. The smallest absolute Gasteiger partial charge is 0.0794 e. The molecule has 1 heterocycles. The van der Waals surface area contributed by atoms with E-state index < -0.39 is 0 Å². The SMILES string of the molecule is Nc1cncc(Br)c1Nc1ccc(I)cc1Cl. The average Bonchev–Trinajstić information content (AvgIpc) is 2.26. The molecule has 2 aromatic rings. The zero-order valence-electron chi connectivity index (χ0n) is 8.55. The number of nitrogens with one attached hydrogen (secondary N) is 1. The van der Waals surface area contributed by atoms with Gasteiger partial charge < -0.3 is 11.1 Å². The Bertz CT molecular complexity index is 542. The second-order valence-corrected chi connectivity index (χ2v) is 5.84. The Labute approximate surface area is 126 Å². The van der Waals surface area contributed by atoms with Gasteiger partial charge in [0.05, 0.1) is 32.8 Å². The summed E-state index contributed by atoms with van der Waals surface area (Å²) in [5.74, 6) is 0. The van der Waals surface area contributed by atoms with Crippen molar-refractivity contribution in [2.75, 3.05) is 11.1 Å². The van der Waals surface area contributed by atoms with Crippen molar-refractivity contribution in [1.29, 1.82) is 0 Å². The maximum Gasteiger partial charge on any atom is 0.0794 e. The Balaban J connectivity index is 2.38. The van der Waals surface area contributed by atoms with Gasteiger partial charge in [-0.3, -0.25) is 4.98 Å². The molecule has 0 atom stereocenters. The third kappa shape index (κ3) is 3.02. The van der Waals surface area contributed by atoms with Gasteiger partial charge in [-0.15, -0.1) is 0 Å². The summed E-state index contributed by atoms with van der Waals surface area (Å²) in [7, 11) is 0. The molecule has 1 aromatic carbocycles. The number of rotatable bonds is 2. The summed E-state index contributed by atoms with van der Waals surface area (Å²) in [5, 5.41) is 3.84. The van der Waals surface area contributed by atoms with Gasteiger partial charge in [0.2, 0.25) is 0 Å². The molecule has 0 saturated carbocycles. The van der Waals surface area contributed by atoms with Gasteiger partial charge in [-0.2, -0.15) is 0 Å². The molecule has 0 aliphatic carbocycles. The van der Waals surface area contributed by atoms with Crippen LogP contribution in [-0.4, -0.2) is 4.98 Å². The molecule has 2 rings (SSSR count). The van der Waals surface area contributed by atoms with Crippen molar-refractivity contribution in [3.8, 4) is 0 Å². The van der Waals surface area contributed by atoms with Crippen molar-refractivity contribution < 1.29 is 0 Å². The summed E-state index contributed by atoms with van der Waals surface area (Å²) in [6.07, 6.45) is 3.27. The summed E-state index contributed by atoms with van der Waals surface area (Å²) in [6, 6.07) is 5.77. The van der Waals surface area contributed by atoms with Crippen molar-refractivity contribution in [1.82, 2.24) is 4.98 Å². The Morgan fingerprint density at radius 3 is 2.76 bits per heavy atom. The highest BCUT2D eigenvalue weighted by molar-refractivity contribution is 14.1. The quantitative estimate of drug-likeness (QED) is 0.702. The van der Waals surface area contributed by atoms with E-state index in [9.17, 15) is 0 Å². The van der Waals surface area contributed by atoms with Gasteiger partial charge in [-0.1, -0.05) is 11.6 Å². The summed E-state index contributed by atoms with van der Waals surface area (Å²) < 4.78 is 1.88. The monoisotopic (exact) mass is 423 g/mol. The third-order valence-electron chi connectivity index (χ3n) is 2.12. The van der Waals surface area contributed by atoms with E-state index >= 15 is 0 Å². The Hall–Kier alpha value is -0.530.